The van der Waals surface area contributed by atoms with Gasteiger partial charge in [0, 0.05) is 18.2 Å². The molecule has 13 nitrogen and oxygen atoms in total. The first-order valence-corrected chi connectivity index (χ1v) is 16.0. The fourth-order valence-corrected chi connectivity index (χ4v) is 7.90. The summed E-state index contributed by atoms with van der Waals surface area (Å²) >= 11 is 1.22. The van der Waals surface area contributed by atoms with Crippen LogP contribution in [-0.4, -0.2) is 73.8 Å². The van der Waals surface area contributed by atoms with Crippen LogP contribution in [0.25, 0.3) is 15.2 Å². The van der Waals surface area contributed by atoms with E-state index in [1.54, 1.807) is 14.0 Å². The van der Waals surface area contributed by atoms with E-state index in [-0.39, 0.29) is 43.1 Å². The van der Waals surface area contributed by atoms with E-state index in [4.69, 9.17) is 18.9 Å². The molecule has 14 heteroatoms. The Morgan fingerprint density at radius 3 is 2.51 bits per heavy atom. The lowest BCUT2D eigenvalue weighted by Crippen LogP contribution is -2.49. The first kappa shape index (κ1) is 29.8. The second-order valence-corrected chi connectivity index (χ2v) is 12.9. The van der Waals surface area contributed by atoms with Gasteiger partial charge in [-0.2, -0.15) is 10.2 Å². The van der Waals surface area contributed by atoms with E-state index in [0.29, 0.717) is 34.4 Å². The van der Waals surface area contributed by atoms with Crippen LogP contribution in [0.15, 0.2) is 46.2 Å². The molecule has 1 aliphatic carbocycles. The van der Waals surface area contributed by atoms with E-state index in [1.165, 1.54) is 33.1 Å². The second-order valence-electron chi connectivity index (χ2n) is 12.0. The molecule has 3 fully saturated rings. The monoisotopic (exact) mass is 637 g/mol. The van der Waals surface area contributed by atoms with Crippen LogP contribution < -0.4 is 16.0 Å². The zero-order valence-corrected chi connectivity index (χ0v) is 25.9. The van der Waals surface area contributed by atoms with E-state index < -0.39 is 28.9 Å². The minimum atomic E-state index is -1.58. The third kappa shape index (κ3) is 5.29. The molecule has 45 heavy (non-hydrogen) atoms. The van der Waals surface area contributed by atoms with Crippen molar-refractivity contribution in [3.05, 3.63) is 68.6 Å². The predicted molar refractivity (Wildman–Crippen MR) is 163 cm³/mol. The Balaban J connectivity index is 1.39. The van der Waals surface area contributed by atoms with Gasteiger partial charge in [-0.25, -0.2) is 14.2 Å². The molecule has 2 aliphatic heterocycles. The highest BCUT2D eigenvalue weighted by atomic mass is 32.1. The fraction of sp³-hybridized carbons (Fsp3) is 0.516. The number of hydrogen-bond donors (Lipinski definition) is 1. The lowest BCUT2D eigenvalue weighted by Gasteiger charge is -2.32. The summed E-state index contributed by atoms with van der Waals surface area (Å²) in [5.41, 5.74) is -1.58. The van der Waals surface area contributed by atoms with Gasteiger partial charge in [0.1, 0.15) is 33.8 Å². The summed E-state index contributed by atoms with van der Waals surface area (Å²) in [7, 11) is 1.60. The van der Waals surface area contributed by atoms with E-state index in [0.717, 1.165) is 35.8 Å². The molecule has 0 radical (unpaired) electrons. The minimum absolute atomic E-state index is 0.0224. The standard InChI is InChI=1S/C31H35N5O8S/c1-18-25-26(37)35(31(9-10-31)29(38)39)30(40)34(28(25)45-27(18)36-32-11-12-33-36)17-24(44-21-15-19-7-8-20(16-21)43-19)22-5-3-4-6-23(22)42-14-13-41-2/h3-6,11-12,19-21,24H,7-10,13-17H2,1-2H3,(H,38,39)/t19-,20+,21-,24-/m0/s1. The third-order valence-electron chi connectivity index (χ3n) is 9.10. The van der Waals surface area contributed by atoms with Crippen LogP contribution in [-0.2, 0) is 31.1 Å². The molecule has 3 aromatic heterocycles. The maximum Gasteiger partial charge on any atom is 0.333 e. The average molecular weight is 638 g/mol. The van der Waals surface area contributed by atoms with Crippen molar-refractivity contribution in [3.8, 4) is 10.8 Å². The number of aryl methyl sites for hydroxylation is 1. The fourth-order valence-electron chi connectivity index (χ4n) is 6.68. The minimum Gasteiger partial charge on any atom is -0.491 e. The number of ether oxygens (including phenoxy) is 4. The van der Waals surface area contributed by atoms with Gasteiger partial charge < -0.3 is 24.1 Å². The average Bonchev–Trinajstić information content (AvgIpc) is 3.31. The molecule has 7 rings (SSSR count). The zero-order valence-electron chi connectivity index (χ0n) is 25.1. The largest absolute Gasteiger partial charge is 0.491 e. The molecule has 5 heterocycles. The number of para-hydroxylation sites is 1. The normalized spacial score (nSPS) is 22.5. The van der Waals surface area contributed by atoms with Gasteiger partial charge in [-0.1, -0.05) is 29.5 Å². The van der Waals surface area contributed by atoms with Gasteiger partial charge in [0.25, 0.3) is 5.56 Å². The summed E-state index contributed by atoms with van der Waals surface area (Å²) in [5, 5.41) is 19.5. The maximum absolute atomic E-state index is 14.4. The number of rotatable bonds is 12. The molecule has 2 bridgehead atoms. The molecule has 4 aromatic rings. The van der Waals surface area contributed by atoms with Crippen LogP contribution in [0.5, 0.6) is 5.75 Å². The molecule has 1 saturated carbocycles. The van der Waals surface area contributed by atoms with Gasteiger partial charge in [0.2, 0.25) is 0 Å². The van der Waals surface area contributed by atoms with Crippen LogP contribution in [0.2, 0.25) is 0 Å². The van der Waals surface area contributed by atoms with Gasteiger partial charge in [0.05, 0.1) is 49.2 Å². The summed E-state index contributed by atoms with van der Waals surface area (Å²) in [6, 6.07) is 7.53. The Morgan fingerprint density at radius 2 is 1.84 bits per heavy atom. The number of aromatic nitrogens is 5. The first-order valence-electron chi connectivity index (χ1n) is 15.2. The molecule has 4 atom stereocenters. The SMILES string of the molecule is COCCOc1ccccc1[C@H](Cn1c(=O)n(C2(C(=O)O)CC2)c(=O)c2c(C)c(-n3nccn3)sc21)O[C@@H]1C[C@H]2CC[C@@H](C1)O2. The molecule has 1 N–H and O–H groups in total. The Morgan fingerprint density at radius 1 is 1.13 bits per heavy atom. The van der Waals surface area contributed by atoms with Crippen LogP contribution in [0.1, 0.15) is 55.8 Å². The van der Waals surface area contributed by atoms with Crippen molar-refractivity contribution < 1.29 is 28.8 Å². The smallest absolute Gasteiger partial charge is 0.333 e. The van der Waals surface area contributed by atoms with Gasteiger partial charge >= 0.3 is 11.7 Å². The lowest BCUT2D eigenvalue weighted by atomic mass is 10.0. The maximum atomic E-state index is 14.4. The molecule has 2 saturated heterocycles. The van der Waals surface area contributed by atoms with Gasteiger partial charge in [-0.3, -0.25) is 9.36 Å². The Labute approximate surface area is 261 Å². The molecular weight excluding hydrogens is 602 g/mol. The van der Waals surface area contributed by atoms with E-state index in [2.05, 4.69) is 10.2 Å². The summed E-state index contributed by atoms with van der Waals surface area (Å²) in [6.07, 6.45) is 6.40. The summed E-state index contributed by atoms with van der Waals surface area (Å²) in [6.45, 7) is 2.50. The number of carboxylic acids is 1. The van der Waals surface area contributed by atoms with Crippen molar-refractivity contribution in [2.75, 3.05) is 20.3 Å². The van der Waals surface area contributed by atoms with Gasteiger partial charge in [-0.15, -0.1) is 4.80 Å². The highest BCUT2D eigenvalue weighted by Crippen LogP contribution is 2.43. The number of aliphatic carboxylic acids is 1. The van der Waals surface area contributed by atoms with Crippen LogP contribution in [0, 0.1) is 6.92 Å². The third-order valence-corrected chi connectivity index (χ3v) is 10.4. The number of thiophene rings is 1. The van der Waals surface area contributed by atoms with Gasteiger partial charge in [-0.05, 0) is 51.5 Å². The topological polar surface area (TPSA) is 149 Å². The van der Waals surface area contributed by atoms with E-state index >= 15 is 0 Å². The molecule has 238 valence electrons. The van der Waals surface area contributed by atoms with Crippen molar-refractivity contribution in [2.45, 2.75) is 81.9 Å². The van der Waals surface area contributed by atoms with Crippen molar-refractivity contribution >= 4 is 27.5 Å². The number of nitrogens with zero attached hydrogens (tertiary/aromatic N) is 5. The summed E-state index contributed by atoms with van der Waals surface area (Å²) < 4.78 is 26.7. The van der Waals surface area contributed by atoms with Crippen LogP contribution in [0.3, 0.4) is 0 Å². The second kappa shape index (κ2) is 11.8. The predicted octanol–water partition coefficient (Wildman–Crippen LogP) is 3.18. The quantitative estimate of drug-likeness (QED) is 0.230. The number of carboxylic acid groups (broad SMARTS) is 1. The van der Waals surface area contributed by atoms with E-state index in [9.17, 15) is 19.5 Å². The van der Waals surface area contributed by atoms with Gasteiger partial charge in [0.15, 0.2) is 0 Å². The van der Waals surface area contributed by atoms with Crippen molar-refractivity contribution in [1.29, 1.82) is 0 Å². The molecule has 1 aromatic carbocycles. The zero-order chi connectivity index (χ0) is 31.3. The number of carbonyl (C=O) groups is 1. The Kier molecular flexibility index (Phi) is 7.84. The number of hydrogen-bond acceptors (Lipinski definition) is 10. The van der Waals surface area contributed by atoms with Crippen molar-refractivity contribution in [1.82, 2.24) is 24.1 Å². The van der Waals surface area contributed by atoms with E-state index in [1.807, 2.05) is 24.3 Å². The Bertz CT molecular complexity index is 1830. The molecule has 0 amide bonds. The van der Waals surface area contributed by atoms with Crippen molar-refractivity contribution in [2.24, 2.45) is 0 Å². The molecule has 3 aliphatic rings. The number of benzene rings is 1. The van der Waals surface area contributed by atoms with Crippen LogP contribution in [0.4, 0.5) is 0 Å². The molecule has 0 spiro atoms. The Hall–Kier alpha value is -3.85. The molecule has 0 unspecified atom stereocenters. The molecular formula is C31H35N5O8S. The first-order chi connectivity index (χ1) is 21.8. The summed E-state index contributed by atoms with van der Waals surface area (Å²) in [5.74, 6) is -0.600. The number of methoxy groups -OCH3 is 1. The van der Waals surface area contributed by atoms with Crippen LogP contribution >= 0.6 is 11.3 Å². The summed E-state index contributed by atoms with van der Waals surface area (Å²) in [4.78, 5) is 42.7. The van der Waals surface area contributed by atoms with Crippen molar-refractivity contribution in [3.63, 3.8) is 0 Å². The highest BCUT2D eigenvalue weighted by molar-refractivity contribution is 7.21. The highest BCUT2D eigenvalue weighted by Gasteiger charge is 2.55. The number of fused-ring (bicyclic) bond motifs is 3. The lowest BCUT2D eigenvalue weighted by molar-refractivity contribution is -0.142.